The minimum absolute atomic E-state index is 0.136. The molecule has 0 spiro atoms. The van der Waals surface area contributed by atoms with E-state index < -0.39 is 5.82 Å². The standard InChI is InChI=1S/C12H13ClFN3O/c1-17-10(13)6-16-11(17)7-18-12-8(5-15)3-2-4-9(12)14/h2-4,6H,5,7,15H2,1H3. The molecule has 18 heavy (non-hydrogen) atoms. The number of ether oxygens (including phenoxy) is 1. The Balaban J connectivity index is 2.18. The van der Waals surface area contributed by atoms with Crippen molar-refractivity contribution in [2.75, 3.05) is 0 Å². The van der Waals surface area contributed by atoms with Crippen LogP contribution in [0.4, 0.5) is 4.39 Å². The molecular formula is C12H13ClFN3O. The predicted octanol–water partition coefficient (Wildman–Crippen LogP) is 2.25. The van der Waals surface area contributed by atoms with Gasteiger partial charge in [0, 0.05) is 19.2 Å². The third-order valence-electron chi connectivity index (χ3n) is 2.64. The molecule has 0 unspecified atom stereocenters. The van der Waals surface area contributed by atoms with Crippen molar-refractivity contribution in [2.24, 2.45) is 12.8 Å². The Morgan fingerprint density at radius 2 is 2.28 bits per heavy atom. The number of rotatable bonds is 4. The van der Waals surface area contributed by atoms with Crippen molar-refractivity contribution < 1.29 is 9.13 Å². The second-order valence-corrected chi connectivity index (χ2v) is 4.16. The van der Waals surface area contributed by atoms with E-state index in [0.717, 1.165) is 0 Å². The van der Waals surface area contributed by atoms with E-state index in [-0.39, 0.29) is 18.9 Å². The highest BCUT2D eigenvalue weighted by Crippen LogP contribution is 2.23. The third kappa shape index (κ3) is 2.47. The summed E-state index contributed by atoms with van der Waals surface area (Å²) in [5.74, 6) is 0.351. The zero-order valence-electron chi connectivity index (χ0n) is 9.86. The smallest absolute Gasteiger partial charge is 0.165 e. The highest BCUT2D eigenvalue weighted by molar-refractivity contribution is 6.29. The molecule has 0 bridgehead atoms. The summed E-state index contributed by atoms with van der Waals surface area (Å²) in [6, 6.07) is 4.66. The maximum Gasteiger partial charge on any atom is 0.165 e. The van der Waals surface area contributed by atoms with Crippen molar-refractivity contribution in [1.82, 2.24) is 9.55 Å². The Bertz CT molecular complexity index is 556. The van der Waals surface area contributed by atoms with Gasteiger partial charge in [0.25, 0.3) is 0 Å². The average Bonchev–Trinajstić information content (AvgIpc) is 2.68. The van der Waals surface area contributed by atoms with Gasteiger partial charge in [-0.05, 0) is 6.07 Å². The van der Waals surface area contributed by atoms with Gasteiger partial charge in [0.15, 0.2) is 11.6 Å². The van der Waals surface area contributed by atoms with E-state index >= 15 is 0 Å². The van der Waals surface area contributed by atoms with Gasteiger partial charge in [-0.2, -0.15) is 0 Å². The molecule has 0 amide bonds. The molecule has 1 heterocycles. The lowest BCUT2D eigenvalue weighted by Gasteiger charge is -2.11. The van der Waals surface area contributed by atoms with Gasteiger partial charge in [0.05, 0.1) is 6.20 Å². The maximum atomic E-state index is 13.6. The second kappa shape index (κ2) is 5.37. The number of nitrogens with zero attached hydrogens (tertiary/aromatic N) is 2. The fourth-order valence-corrected chi connectivity index (χ4v) is 1.72. The van der Waals surface area contributed by atoms with Gasteiger partial charge >= 0.3 is 0 Å². The monoisotopic (exact) mass is 269 g/mol. The van der Waals surface area contributed by atoms with Crippen molar-refractivity contribution in [3.05, 3.63) is 46.8 Å². The molecule has 2 rings (SSSR count). The molecule has 2 N–H and O–H groups in total. The fraction of sp³-hybridized carbons (Fsp3) is 0.250. The van der Waals surface area contributed by atoms with Gasteiger partial charge < -0.3 is 15.0 Å². The SMILES string of the molecule is Cn1c(Cl)cnc1COc1c(F)cccc1CN. The van der Waals surface area contributed by atoms with E-state index in [0.29, 0.717) is 16.5 Å². The van der Waals surface area contributed by atoms with E-state index in [4.69, 9.17) is 22.1 Å². The van der Waals surface area contributed by atoms with Crippen LogP contribution in [0.5, 0.6) is 5.75 Å². The van der Waals surface area contributed by atoms with Crippen LogP contribution in [0.2, 0.25) is 5.15 Å². The van der Waals surface area contributed by atoms with Gasteiger partial charge in [-0.1, -0.05) is 23.7 Å². The Morgan fingerprint density at radius 3 is 2.89 bits per heavy atom. The van der Waals surface area contributed by atoms with Crippen molar-refractivity contribution in [2.45, 2.75) is 13.2 Å². The van der Waals surface area contributed by atoms with Gasteiger partial charge in [0.2, 0.25) is 0 Å². The van der Waals surface area contributed by atoms with Gasteiger partial charge in [0.1, 0.15) is 17.6 Å². The lowest BCUT2D eigenvalue weighted by Crippen LogP contribution is -2.07. The lowest BCUT2D eigenvalue weighted by atomic mass is 10.2. The summed E-state index contributed by atoms with van der Waals surface area (Å²) in [6.07, 6.45) is 1.52. The Labute approximate surface area is 109 Å². The predicted molar refractivity (Wildman–Crippen MR) is 66.8 cm³/mol. The zero-order valence-corrected chi connectivity index (χ0v) is 10.6. The van der Waals surface area contributed by atoms with Crippen LogP contribution >= 0.6 is 11.6 Å². The summed E-state index contributed by atoms with van der Waals surface area (Å²) in [7, 11) is 1.76. The van der Waals surface area contributed by atoms with Gasteiger partial charge in [-0.25, -0.2) is 9.37 Å². The largest absolute Gasteiger partial charge is 0.482 e. The summed E-state index contributed by atoms with van der Waals surface area (Å²) in [5, 5.41) is 0.501. The van der Waals surface area contributed by atoms with Gasteiger partial charge in [-0.15, -0.1) is 0 Å². The molecule has 0 atom stereocenters. The fourth-order valence-electron chi connectivity index (χ4n) is 1.57. The number of benzene rings is 1. The molecule has 0 saturated heterocycles. The molecule has 0 aliphatic rings. The number of aromatic nitrogens is 2. The molecule has 4 nitrogen and oxygen atoms in total. The van der Waals surface area contributed by atoms with E-state index in [2.05, 4.69) is 4.98 Å². The highest BCUT2D eigenvalue weighted by atomic mass is 35.5. The number of imidazole rings is 1. The summed E-state index contributed by atoms with van der Waals surface area (Å²) >= 11 is 5.85. The van der Waals surface area contributed by atoms with Crippen LogP contribution in [0.25, 0.3) is 0 Å². The first-order valence-corrected chi connectivity index (χ1v) is 5.77. The summed E-state index contributed by atoms with van der Waals surface area (Å²) in [5.41, 5.74) is 6.15. The first-order chi connectivity index (χ1) is 8.63. The Hall–Kier alpha value is -1.59. The third-order valence-corrected chi connectivity index (χ3v) is 2.99. The van der Waals surface area contributed by atoms with Crippen LogP contribution < -0.4 is 10.5 Å². The van der Waals surface area contributed by atoms with Crippen LogP contribution in [-0.4, -0.2) is 9.55 Å². The summed E-state index contributed by atoms with van der Waals surface area (Å²) in [6.45, 7) is 0.353. The number of halogens is 2. The molecule has 0 aliphatic carbocycles. The number of nitrogens with two attached hydrogens (primary N) is 1. The molecule has 96 valence electrons. The number of para-hydroxylation sites is 1. The topological polar surface area (TPSA) is 53.1 Å². The molecule has 6 heteroatoms. The Kier molecular flexibility index (Phi) is 3.84. The summed E-state index contributed by atoms with van der Waals surface area (Å²) in [4.78, 5) is 4.07. The summed E-state index contributed by atoms with van der Waals surface area (Å²) < 4.78 is 20.7. The van der Waals surface area contributed by atoms with Crippen molar-refractivity contribution >= 4 is 11.6 Å². The Morgan fingerprint density at radius 1 is 1.50 bits per heavy atom. The second-order valence-electron chi connectivity index (χ2n) is 3.78. The van der Waals surface area contributed by atoms with E-state index in [1.165, 1.54) is 12.3 Å². The zero-order chi connectivity index (χ0) is 13.1. The molecule has 1 aromatic carbocycles. The first kappa shape index (κ1) is 12.9. The molecule has 0 fully saturated rings. The van der Waals surface area contributed by atoms with Crippen LogP contribution in [-0.2, 0) is 20.2 Å². The van der Waals surface area contributed by atoms with E-state index in [9.17, 15) is 4.39 Å². The minimum Gasteiger partial charge on any atom is -0.482 e. The van der Waals surface area contributed by atoms with Crippen LogP contribution in [0.15, 0.2) is 24.4 Å². The first-order valence-electron chi connectivity index (χ1n) is 5.40. The number of hydrogen-bond donors (Lipinski definition) is 1. The van der Waals surface area contributed by atoms with Crippen molar-refractivity contribution in [3.63, 3.8) is 0 Å². The average molecular weight is 270 g/mol. The van der Waals surface area contributed by atoms with Crippen LogP contribution in [0, 0.1) is 5.82 Å². The van der Waals surface area contributed by atoms with Gasteiger partial charge in [-0.3, -0.25) is 0 Å². The van der Waals surface area contributed by atoms with Crippen LogP contribution in [0.3, 0.4) is 0 Å². The molecule has 2 aromatic rings. The molecule has 0 aliphatic heterocycles. The molecule has 0 saturated carbocycles. The molecular weight excluding hydrogens is 257 g/mol. The van der Waals surface area contributed by atoms with Crippen LogP contribution in [0.1, 0.15) is 11.4 Å². The van der Waals surface area contributed by atoms with E-state index in [1.807, 2.05) is 0 Å². The van der Waals surface area contributed by atoms with E-state index in [1.54, 1.807) is 23.7 Å². The molecule has 1 aromatic heterocycles. The molecule has 0 radical (unpaired) electrons. The van der Waals surface area contributed by atoms with Crippen molar-refractivity contribution in [3.8, 4) is 5.75 Å². The van der Waals surface area contributed by atoms with Crippen molar-refractivity contribution in [1.29, 1.82) is 0 Å². The normalized spacial score (nSPS) is 10.7. The quantitative estimate of drug-likeness (QED) is 0.926. The lowest BCUT2D eigenvalue weighted by molar-refractivity contribution is 0.274. The maximum absolute atomic E-state index is 13.6. The minimum atomic E-state index is -0.432. The number of hydrogen-bond acceptors (Lipinski definition) is 3. The highest BCUT2D eigenvalue weighted by Gasteiger charge is 2.11.